The molecule has 0 fully saturated rings. The molecule has 3 aromatic heterocycles. The molecule has 25 heavy (non-hydrogen) atoms. The molecular formula is C18H15N3O3S. The Morgan fingerprint density at radius 2 is 2.04 bits per heavy atom. The third-order valence-corrected chi connectivity index (χ3v) is 4.53. The number of benzene rings is 1. The SMILES string of the molecule is Cc1ccc(-c2nc(CC(=O)Nc3ccc4oc(C)nc4c3)cs2)o1. The van der Waals surface area contributed by atoms with Crippen LogP contribution in [0.5, 0.6) is 0 Å². The fourth-order valence-corrected chi connectivity index (χ4v) is 3.32. The average Bonchev–Trinajstić information content (AvgIpc) is 3.26. The molecule has 0 atom stereocenters. The van der Waals surface area contributed by atoms with Crippen LogP contribution >= 0.6 is 11.3 Å². The van der Waals surface area contributed by atoms with E-state index in [1.54, 1.807) is 25.1 Å². The molecule has 0 saturated heterocycles. The summed E-state index contributed by atoms with van der Waals surface area (Å²) in [6.45, 7) is 3.68. The Morgan fingerprint density at radius 3 is 2.84 bits per heavy atom. The van der Waals surface area contributed by atoms with Gasteiger partial charge in [-0.05, 0) is 37.3 Å². The zero-order valence-corrected chi connectivity index (χ0v) is 14.5. The molecule has 4 aromatic rings. The van der Waals surface area contributed by atoms with E-state index < -0.39 is 0 Å². The molecule has 0 saturated carbocycles. The number of furan rings is 1. The Labute approximate surface area is 147 Å². The molecule has 7 heteroatoms. The summed E-state index contributed by atoms with van der Waals surface area (Å²) in [4.78, 5) is 21.0. The van der Waals surface area contributed by atoms with Crippen molar-refractivity contribution in [1.29, 1.82) is 0 Å². The van der Waals surface area contributed by atoms with Crippen molar-refractivity contribution in [2.45, 2.75) is 20.3 Å². The van der Waals surface area contributed by atoms with Gasteiger partial charge in [0.2, 0.25) is 5.91 Å². The summed E-state index contributed by atoms with van der Waals surface area (Å²) in [5.41, 5.74) is 2.82. The smallest absolute Gasteiger partial charge is 0.230 e. The van der Waals surface area contributed by atoms with E-state index in [1.807, 2.05) is 24.4 Å². The molecule has 126 valence electrons. The van der Waals surface area contributed by atoms with Crippen molar-refractivity contribution in [2.75, 3.05) is 5.32 Å². The molecule has 1 amide bonds. The molecular weight excluding hydrogens is 338 g/mol. The molecule has 0 radical (unpaired) electrons. The van der Waals surface area contributed by atoms with Crippen LogP contribution < -0.4 is 5.32 Å². The second-order valence-electron chi connectivity index (χ2n) is 5.69. The first kappa shape index (κ1) is 15.6. The molecule has 3 heterocycles. The maximum atomic E-state index is 12.3. The lowest BCUT2D eigenvalue weighted by atomic mass is 10.2. The number of nitrogens with zero attached hydrogens (tertiary/aromatic N) is 2. The molecule has 6 nitrogen and oxygen atoms in total. The van der Waals surface area contributed by atoms with Gasteiger partial charge in [-0.2, -0.15) is 0 Å². The van der Waals surface area contributed by atoms with Crippen LogP contribution in [0.2, 0.25) is 0 Å². The summed E-state index contributed by atoms with van der Waals surface area (Å²) in [5, 5.41) is 5.51. The summed E-state index contributed by atoms with van der Waals surface area (Å²) >= 11 is 1.46. The number of fused-ring (bicyclic) bond motifs is 1. The van der Waals surface area contributed by atoms with Crippen molar-refractivity contribution in [1.82, 2.24) is 9.97 Å². The minimum atomic E-state index is -0.132. The highest BCUT2D eigenvalue weighted by Gasteiger charge is 2.12. The van der Waals surface area contributed by atoms with Crippen LogP contribution in [0.1, 0.15) is 17.3 Å². The van der Waals surface area contributed by atoms with Gasteiger partial charge in [0.25, 0.3) is 0 Å². The van der Waals surface area contributed by atoms with E-state index in [2.05, 4.69) is 15.3 Å². The number of aromatic nitrogens is 2. The normalized spacial score (nSPS) is 11.1. The number of amides is 1. The van der Waals surface area contributed by atoms with Crippen molar-refractivity contribution >= 4 is 34.0 Å². The fourth-order valence-electron chi connectivity index (χ4n) is 2.54. The van der Waals surface area contributed by atoms with E-state index in [-0.39, 0.29) is 12.3 Å². The zero-order valence-electron chi connectivity index (χ0n) is 13.7. The van der Waals surface area contributed by atoms with E-state index in [1.165, 1.54) is 11.3 Å². The van der Waals surface area contributed by atoms with E-state index in [0.717, 1.165) is 22.0 Å². The van der Waals surface area contributed by atoms with Gasteiger partial charge in [0.15, 0.2) is 22.2 Å². The largest absolute Gasteiger partial charge is 0.459 e. The van der Waals surface area contributed by atoms with E-state index in [9.17, 15) is 4.79 Å². The Balaban J connectivity index is 1.45. The highest BCUT2D eigenvalue weighted by Crippen LogP contribution is 2.26. The molecule has 1 N–H and O–H groups in total. The van der Waals surface area contributed by atoms with Gasteiger partial charge in [-0.3, -0.25) is 4.79 Å². The number of carbonyl (C=O) groups is 1. The minimum Gasteiger partial charge on any atom is -0.459 e. The van der Waals surface area contributed by atoms with Crippen LogP contribution in [0, 0.1) is 13.8 Å². The maximum absolute atomic E-state index is 12.3. The molecule has 0 spiro atoms. The van der Waals surface area contributed by atoms with Gasteiger partial charge in [-0.1, -0.05) is 0 Å². The average molecular weight is 353 g/mol. The number of carbonyl (C=O) groups excluding carboxylic acids is 1. The van der Waals surface area contributed by atoms with Crippen LogP contribution in [0.25, 0.3) is 21.9 Å². The van der Waals surface area contributed by atoms with Gasteiger partial charge in [0.05, 0.1) is 12.1 Å². The van der Waals surface area contributed by atoms with Gasteiger partial charge in [0.1, 0.15) is 11.3 Å². The number of oxazole rings is 1. The lowest BCUT2D eigenvalue weighted by Crippen LogP contribution is -2.14. The molecule has 0 aliphatic carbocycles. The van der Waals surface area contributed by atoms with Gasteiger partial charge < -0.3 is 14.2 Å². The maximum Gasteiger partial charge on any atom is 0.230 e. The van der Waals surface area contributed by atoms with Crippen LogP contribution in [0.15, 0.2) is 44.5 Å². The van der Waals surface area contributed by atoms with Crippen LogP contribution in [-0.2, 0) is 11.2 Å². The third kappa shape index (κ3) is 3.32. The van der Waals surface area contributed by atoms with Crippen LogP contribution in [0.4, 0.5) is 5.69 Å². The number of hydrogen-bond acceptors (Lipinski definition) is 6. The molecule has 1 aromatic carbocycles. The zero-order chi connectivity index (χ0) is 17.4. The number of rotatable bonds is 4. The Kier molecular flexibility index (Phi) is 3.85. The Bertz CT molecular complexity index is 1060. The summed E-state index contributed by atoms with van der Waals surface area (Å²) in [7, 11) is 0. The number of thiazole rings is 1. The highest BCUT2D eigenvalue weighted by atomic mass is 32.1. The van der Waals surface area contributed by atoms with Crippen LogP contribution in [0.3, 0.4) is 0 Å². The summed E-state index contributed by atoms with van der Waals surface area (Å²) in [5.74, 6) is 2.03. The standard InChI is InChI=1S/C18H15N3O3S/c1-10-3-5-16(23-10)18-21-13(9-25-18)8-17(22)20-12-4-6-15-14(7-12)19-11(2)24-15/h3-7,9H,8H2,1-2H3,(H,20,22). The quantitative estimate of drug-likeness (QED) is 0.590. The first-order valence-corrected chi connectivity index (χ1v) is 8.63. The van der Waals surface area contributed by atoms with Crippen molar-refractivity contribution in [2.24, 2.45) is 0 Å². The van der Waals surface area contributed by atoms with Crippen molar-refractivity contribution in [3.8, 4) is 10.8 Å². The Morgan fingerprint density at radius 1 is 1.16 bits per heavy atom. The molecule has 0 aliphatic heterocycles. The van der Waals surface area contributed by atoms with Crippen molar-refractivity contribution in [3.05, 3.63) is 53.1 Å². The Hall–Kier alpha value is -2.93. The van der Waals surface area contributed by atoms with Gasteiger partial charge in [0, 0.05) is 18.0 Å². The second kappa shape index (κ2) is 6.18. The molecule has 0 aliphatic rings. The summed E-state index contributed by atoms with van der Waals surface area (Å²) < 4.78 is 11.0. The topological polar surface area (TPSA) is 81.2 Å². The summed E-state index contributed by atoms with van der Waals surface area (Å²) in [6, 6.07) is 9.16. The van der Waals surface area contributed by atoms with Crippen molar-refractivity contribution in [3.63, 3.8) is 0 Å². The second-order valence-corrected chi connectivity index (χ2v) is 6.55. The number of nitrogens with one attached hydrogen (secondary N) is 1. The first-order valence-electron chi connectivity index (χ1n) is 7.75. The highest BCUT2D eigenvalue weighted by molar-refractivity contribution is 7.13. The van der Waals surface area contributed by atoms with E-state index in [0.29, 0.717) is 22.9 Å². The van der Waals surface area contributed by atoms with Gasteiger partial charge >= 0.3 is 0 Å². The fraction of sp³-hybridized carbons (Fsp3) is 0.167. The number of hydrogen-bond donors (Lipinski definition) is 1. The van der Waals surface area contributed by atoms with E-state index in [4.69, 9.17) is 8.83 Å². The molecule has 0 unspecified atom stereocenters. The lowest BCUT2D eigenvalue weighted by molar-refractivity contribution is -0.115. The third-order valence-electron chi connectivity index (χ3n) is 3.62. The molecule has 4 rings (SSSR count). The summed E-state index contributed by atoms with van der Waals surface area (Å²) in [6.07, 6.45) is 0.200. The lowest BCUT2D eigenvalue weighted by Gasteiger charge is -2.03. The predicted octanol–water partition coefficient (Wildman–Crippen LogP) is 4.34. The first-order chi connectivity index (χ1) is 12.1. The van der Waals surface area contributed by atoms with Gasteiger partial charge in [-0.25, -0.2) is 9.97 Å². The monoisotopic (exact) mass is 353 g/mol. The predicted molar refractivity (Wildman–Crippen MR) is 95.6 cm³/mol. The number of anilines is 1. The van der Waals surface area contributed by atoms with Gasteiger partial charge in [-0.15, -0.1) is 11.3 Å². The number of aryl methyl sites for hydroxylation is 2. The van der Waals surface area contributed by atoms with Crippen LogP contribution in [-0.4, -0.2) is 15.9 Å². The van der Waals surface area contributed by atoms with E-state index >= 15 is 0 Å². The van der Waals surface area contributed by atoms with Crippen molar-refractivity contribution < 1.29 is 13.6 Å². The minimum absolute atomic E-state index is 0.132. The molecule has 0 bridgehead atoms.